The van der Waals surface area contributed by atoms with Crippen molar-refractivity contribution in [3.8, 4) is 0 Å². The summed E-state index contributed by atoms with van der Waals surface area (Å²) in [6, 6.07) is 9.07. The molecule has 2 amide bonds. The van der Waals surface area contributed by atoms with E-state index in [1.54, 1.807) is 0 Å². The molecule has 84 valence electrons. The van der Waals surface area contributed by atoms with E-state index >= 15 is 0 Å². The van der Waals surface area contributed by atoms with Gasteiger partial charge in [-0.05, 0) is 5.56 Å². The van der Waals surface area contributed by atoms with Crippen LogP contribution in [0.2, 0.25) is 0 Å². The van der Waals surface area contributed by atoms with Crippen LogP contribution >= 0.6 is 15.9 Å². The molecule has 1 aliphatic heterocycles. The Bertz CT molecular complexity index is 407. The molecule has 1 saturated heterocycles. The standard InChI is InChI=1S/C11H10BrNO3/c12-6-10(14)13-9(7-16-11(13)15)8-4-2-1-3-5-8/h1-5,9H,6-7H2/t9-/m0/s1. The Labute approximate surface area is 101 Å². The Morgan fingerprint density at radius 3 is 2.75 bits per heavy atom. The molecule has 0 spiro atoms. The Hall–Kier alpha value is -1.36. The normalized spacial score (nSPS) is 19.7. The quantitative estimate of drug-likeness (QED) is 0.781. The van der Waals surface area contributed by atoms with Gasteiger partial charge in [0, 0.05) is 0 Å². The van der Waals surface area contributed by atoms with E-state index in [2.05, 4.69) is 15.9 Å². The molecule has 4 nitrogen and oxygen atoms in total. The summed E-state index contributed by atoms with van der Waals surface area (Å²) in [7, 11) is 0. The van der Waals surface area contributed by atoms with Crippen molar-refractivity contribution in [1.29, 1.82) is 0 Å². The molecule has 0 aliphatic carbocycles. The minimum atomic E-state index is -0.571. The molecular weight excluding hydrogens is 274 g/mol. The zero-order valence-corrected chi connectivity index (χ0v) is 10.0. The van der Waals surface area contributed by atoms with Crippen molar-refractivity contribution < 1.29 is 14.3 Å². The molecule has 16 heavy (non-hydrogen) atoms. The van der Waals surface area contributed by atoms with Gasteiger partial charge < -0.3 is 4.74 Å². The Balaban J connectivity index is 2.28. The predicted molar refractivity (Wildman–Crippen MR) is 61.2 cm³/mol. The van der Waals surface area contributed by atoms with Crippen LogP contribution in [0, 0.1) is 0 Å². The molecule has 0 radical (unpaired) electrons. The lowest BCUT2D eigenvalue weighted by molar-refractivity contribution is -0.126. The molecule has 1 atom stereocenters. The molecule has 0 aromatic heterocycles. The highest BCUT2D eigenvalue weighted by Gasteiger charge is 2.38. The van der Waals surface area contributed by atoms with Crippen molar-refractivity contribution in [2.24, 2.45) is 0 Å². The number of imide groups is 1. The number of benzene rings is 1. The van der Waals surface area contributed by atoms with Crippen molar-refractivity contribution in [3.05, 3.63) is 35.9 Å². The number of halogens is 1. The van der Waals surface area contributed by atoms with Gasteiger partial charge in [-0.3, -0.25) is 4.79 Å². The molecule has 1 heterocycles. The summed E-state index contributed by atoms with van der Waals surface area (Å²) in [6.45, 7) is 0.224. The Kier molecular flexibility index (Phi) is 3.24. The van der Waals surface area contributed by atoms with E-state index in [-0.39, 0.29) is 23.9 Å². The Morgan fingerprint density at radius 1 is 1.44 bits per heavy atom. The number of ether oxygens (including phenoxy) is 1. The molecule has 1 fully saturated rings. The van der Waals surface area contributed by atoms with Crippen LogP contribution in [0.1, 0.15) is 11.6 Å². The van der Waals surface area contributed by atoms with Crippen LogP contribution in [-0.4, -0.2) is 28.8 Å². The summed E-state index contributed by atoms with van der Waals surface area (Å²) in [6.07, 6.45) is -0.571. The number of carbonyl (C=O) groups excluding carboxylic acids is 2. The third kappa shape index (κ3) is 1.95. The third-order valence-corrected chi connectivity index (χ3v) is 2.92. The van der Waals surface area contributed by atoms with Crippen molar-refractivity contribution in [2.75, 3.05) is 11.9 Å². The summed E-state index contributed by atoms with van der Waals surface area (Å²) in [5, 5.41) is 0.117. The average Bonchev–Trinajstić information content (AvgIpc) is 2.71. The van der Waals surface area contributed by atoms with E-state index in [0.29, 0.717) is 0 Å². The lowest BCUT2D eigenvalue weighted by Crippen LogP contribution is -2.34. The van der Waals surface area contributed by atoms with E-state index in [9.17, 15) is 9.59 Å². The van der Waals surface area contributed by atoms with Crippen molar-refractivity contribution in [3.63, 3.8) is 0 Å². The second-order valence-corrected chi connectivity index (χ2v) is 3.96. The van der Waals surface area contributed by atoms with Gasteiger partial charge in [-0.25, -0.2) is 9.69 Å². The summed E-state index contributed by atoms with van der Waals surface area (Å²) in [4.78, 5) is 24.2. The first kappa shape index (κ1) is 11.1. The highest BCUT2D eigenvalue weighted by atomic mass is 79.9. The van der Waals surface area contributed by atoms with Gasteiger partial charge in [-0.2, -0.15) is 0 Å². The predicted octanol–water partition coefficient (Wildman–Crippen LogP) is 2.10. The molecule has 2 rings (SSSR count). The van der Waals surface area contributed by atoms with Gasteiger partial charge in [-0.1, -0.05) is 46.3 Å². The van der Waals surface area contributed by atoms with Crippen LogP contribution in [0.4, 0.5) is 4.79 Å². The fraction of sp³-hybridized carbons (Fsp3) is 0.273. The van der Waals surface area contributed by atoms with E-state index < -0.39 is 6.09 Å². The second kappa shape index (κ2) is 4.65. The summed E-state index contributed by atoms with van der Waals surface area (Å²) in [5.41, 5.74) is 0.905. The number of alkyl halides is 1. The fourth-order valence-electron chi connectivity index (χ4n) is 1.68. The van der Waals surface area contributed by atoms with E-state index in [1.807, 2.05) is 30.3 Å². The van der Waals surface area contributed by atoms with Crippen molar-refractivity contribution in [1.82, 2.24) is 4.90 Å². The first-order chi connectivity index (χ1) is 7.74. The van der Waals surface area contributed by atoms with Gasteiger partial charge in [0.1, 0.15) is 12.6 Å². The molecule has 1 aromatic carbocycles. The highest BCUT2D eigenvalue weighted by Crippen LogP contribution is 2.27. The first-order valence-corrected chi connectivity index (χ1v) is 5.96. The zero-order chi connectivity index (χ0) is 11.5. The fourth-order valence-corrected chi connectivity index (χ4v) is 1.95. The largest absolute Gasteiger partial charge is 0.446 e. The third-order valence-electron chi connectivity index (χ3n) is 2.44. The molecule has 0 N–H and O–H groups in total. The maximum absolute atomic E-state index is 11.6. The monoisotopic (exact) mass is 283 g/mol. The number of hydrogen-bond donors (Lipinski definition) is 0. The summed E-state index contributed by atoms with van der Waals surface area (Å²) in [5.74, 6) is -0.281. The first-order valence-electron chi connectivity index (χ1n) is 4.83. The molecule has 0 saturated carbocycles. The van der Waals surface area contributed by atoms with Gasteiger partial charge in [-0.15, -0.1) is 0 Å². The molecule has 0 unspecified atom stereocenters. The SMILES string of the molecule is O=C(CBr)N1C(=O)OC[C@H]1c1ccccc1. The number of cyclic esters (lactones) is 1. The Morgan fingerprint density at radius 2 is 2.12 bits per heavy atom. The van der Waals surface area contributed by atoms with Gasteiger partial charge in [0.05, 0.1) is 5.33 Å². The molecule has 1 aliphatic rings. The molecule has 5 heteroatoms. The number of amides is 2. The van der Waals surface area contributed by atoms with Gasteiger partial charge >= 0.3 is 6.09 Å². The highest BCUT2D eigenvalue weighted by molar-refractivity contribution is 9.09. The van der Waals surface area contributed by atoms with E-state index in [1.165, 1.54) is 0 Å². The lowest BCUT2D eigenvalue weighted by Gasteiger charge is -2.18. The van der Waals surface area contributed by atoms with Crippen LogP contribution < -0.4 is 0 Å². The smallest absolute Gasteiger partial charge is 0.417 e. The van der Waals surface area contributed by atoms with Crippen LogP contribution in [-0.2, 0) is 9.53 Å². The van der Waals surface area contributed by atoms with Crippen LogP contribution in [0.3, 0.4) is 0 Å². The van der Waals surface area contributed by atoms with Gasteiger partial charge in [0.15, 0.2) is 0 Å². The summed E-state index contributed by atoms with van der Waals surface area (Å²) >= 11 is 3.05. The van der Waals surface area contributed by atoms with Crippen LogP contribution in [0.15, 0.2) is 30.3 Å². The minimum absolute atomic E-state index is 0.117. The molecular formula is C11H10BrNO3. The van der Waals surface area contributed by atoms with Crippen LogP contribution in [0.5, 0.6) is 0 Å². The van der Waals surface area contributed by atoms with Crippen LogP contribution in [0.25, 0.3) is 0 Å². The van der Waals surface area contributed by atoms with E-state index in [0.717, 1.165) is 10.5 Å². The minimum Gasteiger partial charge on any atom is -0.446 e. The number of hydrogen-bond acceptors (Lipinski definition) is 3. The van der Waals surface area contributed by atoms with Crippen molar-refractivity contribution in [2.45, 2.75) is 6.04 Å². The number of carbonyl (C=O) groups is 2. The lowest BCUT2D eigenvalue weighted by atomic mass is 10.1. The topological polar surface area (TPSA) is 46.6 Å². The maximum atomic E-state index is 11.6. The number of rotatable bonds is 2. The average molecular weight is 284 g/mol. The van der Waals surface area contributed by atoms with Crippen molar-refractivity contribution >= 4 is 27.9 Å². The zero-order valence-electron chi connectivity index (χ0n) is 8.43. The molecule has 1 aromatic rings. The number of nitrogens with zero attached hydrogens (tertiary/aromatic N) is 1. The van der Waals surface area contributed by atoms with E-state index in [4.69, 9.17) is 4.74 Å². The van der Waals surface area contributed by atoms with Gasteiger partial charge in [0.25, 0.3) is 0 Å². The van der Waals surface area contributed by atoms with Gasteiger partial charge in [0.2, 0.25) is 5.91 Å². The second-order valence-electron chi connectivity index (χ2n) is 3.40. The molecule has 0 bridgehead atoms. The maximum Gasteiger partial charge on any atom is 0.417 e. The summed E-state index contributed by atoms with van der Waals surface area (Å²) < 4.78 is 4.90.